The van der Waals surface area contributed by atoms with Gasteiger partial charge in [0.05, 0.1) is 5.75 Å². The molecule has 25 heavy (non-hydrogen) atoms. The van der Waals surface area contributed by atoms with Crippen molar-refractivity contribution in [1.29, 1.82) is 0 Å². The summed E-state index contributed by atoms with van der Waals surface area (Å²) in [6.45, 7) is 11.0. The normalized spacial score (nSPS) is 14.5. The lowest BCUT2D eigenvalue weighted by molar-refractivity contribution is 0.102. The van der Waals surface area contributed by atoms with Crippen molar-refractivity contribution in [2.45, 2.75) is 56.6 Å². The van der Waals surface area contributed by atoms with Crippen LogP contribution in [-0.4, -0.2) is 26.3 Å². The highest BCUT2D eigenvalue weighted by Gasteiger charge is 2.30. The van der Waals surface area contributed by atoms with Crippen LogP contribution in [0.15, 0.2) is 42.1 Å². The van der Waals surface area contributed by atoms with Gasteiger partial charge in [0, 0.05) is 18.0 Å². The van der Waals surface area contributed by atoms with Crippen LogP contribution in [0.2, 0.25) is 0 Å². The molecule has 0 atom stereocenters. The molecule has 0 saturated heterocycles. The van der Waals surface area contributed by atoms with Crippen molar-refractivity contribution in [3.63, 3.8) is 0 Å². The standard InChI is InChI=1S/C20H25N3OS/c1-5-12-23-18(15-6-7-15)21-22-19(23)25-13-17(24)14-8-10-16(11-9-14)20(2,3)4/h5,8-11,15H,1,6-7,12-13H2,2-4H3. The smallest absolute Gasteiger partial charge is 0.191 e. The van der Waals surface area contributed by atoms with Crippen molar-refractivity contribution in [1.82, 2.24) is 14.8 Å². The number of benzene rings is 1. The third-order valence-electron chi connectivity index (χ3n) is 4.40. The number of hydrogen-bond donors (Lipinski definition) is 0. The lowest BCUT2D eigenvalue weighted by Crippen LogP contribution is -2.11. The third kappa shape index (κ3) is 4.21. The summed E-state index contributed by atoms with van der Waals surface area (Å²) < 4.78 is 2.09. The molecule has 0 radical (unpaired) electrons. The highest BCUT2D eigenvalue weighted by Crippen LogP contribution is 2.40. The first-order chi connectivity index (χ1) is 11.9. The van der Waals surface area contributed by atoms with E-state index in [1.165, 1.54) is 30.2 Å². The predicted molar refractivity (Wildman–Crippen MR) is 102 cm³/mol. The van der Waals surface area contributed by atoms with Gasteiger partial charge in [-0.1, -0.05) is 62.9 Å². The van der Waals surface area contributed by atoms with Gasteiger partial charge in [-0.2, -0.15) is 0 Å². The van der Waals surface area contributed by atoms with Crippen LogP contribution in [0.25, 0.3) is 0 Å². The summed E-state index contributed by atoms with van der Waals surface area (Å²) in [7, 11) is 0. The fraction of sp³-hybridized carbons (Fsp3) is 0.450. The Morgan fingerprint density at radius 1 is 1.28 bits per heavy atom. The van der Waals surface area contributed by atoms with Crippen molar-refractivity contribution in [3.8, 4) is 0 Å². The Balaban J connectivity index is 1.67. The van der Waals surface area contributed by atoms with E-state index in [1.54, 1.807) is 0 Å². The summed E-state index contributed by atoms with van der Waals surface area (Å²) in [5.74, 6) is 2.05. The maximum atomic E-state index is 12.5. The molecule has 0 N–H and O–H groups in total. The Kier molecular flexibility index (Phi) is 5.13. The molecule has 5 heteroatoms. The van der Waals surface area contributed by atoms with Gasteiger partial charge in [0.2, 0.25) is 0 Å². The number of nitrogens with zero attached hydrogens (tertiary/aromatic N) is 3. The van der Waals surface area contributed by atoms with E-state index >= 15 is 0 Å². The van der Waals surface area contributed by atoms with E-state index in [0.717, 1.165) is 16.5 Å². The van der Waals surface area contributed by atoms with E-state index in [9.17, 15) is 4.79 Å². The summed E-state index contributed by atoms with van der Waals surface area (Å²) in [6.07, 6.45) is 4.21. The van der Waals surface area contributed by atoms with Crippen LogP contribution in [0.4, 0.5) is 0 Å². The first kappa shape index (κ1) is 17.9. The molecular weight excluding hydrogens is 330 g/mol. The number of allylic oxidation sites excluding steroid dienone is 1. The van der Waals surface area contributed by atoms with Gasteiger partial charge in [0.15, 0.2) is 10.9 Å². The summed E-state index contributed by atoms with van der Waals surface area (Å²) in [4.78, 5) is 12.5. The minimum absolute atomic E-state index is 0.0939. The van der Waals surface area contributed by atoms with Crippen molar-refractivity contribution in [2.24, 2.45) is 0 Å². The summed E-state index contributed by atoms with van der Waals surface area (Å²) in [5.41, 5.74) is 2.07. The Bertz CT molecular complexity index is 767. The lowest BCUT2D eigenvalue weighted by Gasteiger charge is -2.18. The molecule has 132 valence electrons. The van der Waals surface area contributed by atoms with Crippen LogP contribution in [0.3, 0.4) is 0 Å². The maximum absolute atomic E-state index is 12.5. The summed E-state index contributed by atoms with van der Waals surface area (Å²) in [5, 5.41) is 9.41. The van der Waals surface area contributed by atoms with Crippen molar-refractivity contribution in [3.05, 3.63) is 53.9 Å². The van der Waals surface area contributed by atoms with E-state index in [-0.39, 0.29) is 11.2 Å². The quantitative estimate of drug-likeness (QED) is 0.413. The van der Waals surface area contributed by atoms with E-state index in [2.05, 4.69) is 42.1 Å². The molecule has 0 spiro atoms. The zero-order valence-corrected chi connectivity index (χ0v) is 16.0. The molecule has 0 bridgehead atoms. The number of thioether (sulfide) groups is 1. The first-order valence-electron chi connectivity index (χ1n) is 8.70. The van der Waals surface area contributed by atoms with Crippen molar-refractivity contribution >= 4 is 17.5 Å². The lowest BCUT2D eigenvalue weighted by atomic mass is 9.86. The average Bonchev–Trinajstić information content (AvgIpc) is 3.34. The van der Waals surface area contributed by atoms with Crippen LogP contribution in [0, 0.1) is 0 Å². The Labute approximate surface area is 153 Å². The number of carbonyl (C=O) groups excluding carboxylic acids is 1. The molecule has 1 fully saturated rings. The second-order valence-corrected chi connectivity index (χ2v) is 8.50. The van der Waals surface area contributed by atoms with Crippen molar-refractivity contribution in [2.75, 3.05) is 5.75 Å². The van der Waals surface area contributed by atoms with Crippen LogP contribution in [0.5, 0.6) is 0 Å². The number of rotatable bonds is 7. The number of carbonyl (C=O) groups is 1. The monoisotopic (exact) mass is 355 g/mol. The molecular formula is C20H25N3OS. The number of aromatic nitrogens is 3. The molecule has 1 aliphatic rings. The highest BCUT2D eigenvalue weighted by atomic mass is 32.2. The molecule has 0 aliphatic heterocycles. The largest absolute Gasteiger partial charge is 0.302 e. The molecule has 3 rings (SSSR count). The first-order valence-corrected chi connectivity index (χ1v) is 9.69. The van der Waals surface area contributed by atoms with Crippen LogP contribution in [0.1, 0.15) is 61.3 Å². The van der Waals surface area contributed by atoms with Crippen LogP contribution < -0.4 is 0 Å². The van der Waals surface area contributed by atoms with Gasteiger partial charge < -0.3 is 4.57 Å². The van der Waals surface area contributed by atoms with E-state index in [4.69, 9.17) is 0 Å². The molecule has 1 heterocycles. The zero-order chi connectivity index (χ0) is 18.0. The van der Waals surface area contributed by atoms with Gasteiger partial charge in [-0.05, 0) is 23.8 Å². The second kappa shape index (κ2) is 7.16. The highest BCUT2D eigenvalue weighted by molar-refractivity contribution is 7.99. The fourth-order valence-corrected chi connectivity index (χ4v) is 3.57. The number of Topliss-reactive ketones (excluding diaryl/α,β-unsaturated/α-hetero) is 1. The average molecular weight is 356 g/mol. The van der Waals surface area contributed by atoms with Gasteiger partial charge in [-0.25, -0.2) is 0 Å². The van der Waals surface area contributed by atoms with Crippen LogP contribution >= 0.6 is 11.8 Å². The fourth-order valence-electron chi connectivity index (χ4n) is 2.72. The molecule has 1 saturated carbocycles. The Morgan fingerprint density at radius 3 is 2.52 bits per heavy atom. The van der Waals surface area contributed by atoms with Gasteiger partial charge >= 0.3 is 0 Å². The molecule has 1 aliphatic carbocycles. The minimum atomic E-state index is 0.0939. The molecule has 0 unspecified atom stereocenters. The van der Waals surface area contributed by atoms with E-state index in [0.29, 0.717) is 18.2 Å². The SMILES string of the molecule is C=CCn1c(SCC(=O)c2ccc(C(C)(C)C)cc2)nnc1C1CC1. The minimum Gasteiger partial charge on any atom is -0.302 e. The van der Waals surface area contributed by atoms with E-state index < -0.39 is 0 Å². The third-order valence-corrected chi connectivity index (χ3v) is 5.37. The number of hydrogen-bond acceptors (Lipinski definition) is 4. The molecule has 1 aromatic heterocycles. The maximum Gasteiger partial charge on any atom is 0.191 e. The van der Waals surface area contributed by atoms with Gasteiger partial charge in [0.1, 0.15) is 5.82 Å². The molecule has 4 nitrogen and oxygen atoms in total. The van der Waals surface area contributed by atoms with Gasteiger partial charge in [-0.3, -0.25) is 4.79 Å². The molecule has 2 aromatic rings. The molecule has 1 aromatic carbocycles. The second-order valence-electron chi connectivity index (χ2n) is 7.55. The van der Waals surface area contributed by atoms with E-state index in [1.807, 2.05) is 30.3 Å². The van der Waals surface area contributed by atoms with Gasteiger partial charge in [0.25, 0.3) is 0 Å². The summed E-state index contributed by atoms with van der Waals surface area (Å²) in [6, 6.07) is 7.94. The van der Waals surface area contributed by atoms with Crippen molar-refractivity contribution < 1.29 is 4.79 Å². The topological polar surface area (TPSA) is 47.8 Å². The predicted octanol–water partition coefficient (Wildman–Crippen LogP) is 4.61. The Morgan fingerprint density at radius 2 is 1.96 bits per heavy atom. The Hall–Kier alpha value is -1.88. The zero-order valence-electron chi connectivity index (χ0n) is 15.2. The molecule has 0 amide bonds. The van der Waals surface area contributed by atoms with Crippen LogP contribution in [-0.2, 0) is 12.0 Å². The summed E-state index contributed by atoms with van der Waals surface area (Å²) >= 11 is 1.46. The number of ketones is 1. The van der Waals surface area contributed by atoms with Gasteiger partial charge in [-0.15, -0.1) is 16.8 Å².